The second-order valence-electron chi connectivity index (χ2n) is 4.90. The van der Waals surface area contributed by atoms with Crippen LogP contribution in [0.5, 0.6) is 0 Å². The molecule has 0 atom stereocenters. The Morgan fingerprint density at radius 3 is 3.05 bits per heavy atom. The molecule has 0 aromatic carbocycles. The van der Waals surface area contributed by atoms with Crippen molar-refractivity contribution in [2.24, 2.45) is 0 Å². The molecule has 1 aliphatic heterocycles. The molecule has 0 aliphatic carbocycles. The Labute approximate surface area is 113 Å². The molecule has 0 saturated heterocycles. The molecule has 0 spiro atoms. The third-order valence-electron chi connectivity index (χ3n) is 3.43. The van der Waals surface area contributed by atoms with E-state index in [2.05, 4.69) is 49.1 Å². The lowest BCUT2D eigenvalue weighted by atomic mass is 10.2. The second kappa shape index (κ2) is 5.50. The molecule has 0 saturated carbocycles. The van der Waals surface area contributed by atoms with Crippen LogP contribution in [0.15, 0.2) is 30.6 Å². The average molecular weight is 257 g/mol. The Morgan fingerprint density at radius 2 is 2.16 bits per heavy atom. The maximum Gasteiger partial charge on any atom is 0.122 e. The van der Waals surface area contributed by atoms with Crippen molar-refractivity contribution in [1.29, 1.82) is 0 Å². The molecule has 2 aromatic heterocycles. The molecule has 5 nitrogen and oxygen atoms in total. The first-order valence-electron chi connectivity index (χ1n) is 6.67. The van der Waals surface area contributed by atoms with Gasteiger partial charge in [0.05, 0.1) is 17.9 Å². The third-order valence-corrected chi connectivity index (χ3v) is 3.43. The van der Waals surface area contributed by atoms with Crippen LogP contribution in [0.3, 0.4) is 0 Å². The van der Waals surface area contributed by atoms with Crippen LogP contribution in [0, 0.1) is 0 Å². The minimum Gasteiger partial charge on any atom is -0.333 e. The highest BCUT2D eigenvalue weighted by Gasteiger charge is 2.16. The Hall–Kier alpha value is -1.72. The van der Waals surface area contributed by atoms with E-state index in [-0.39, 0.29) is 0 Å². The lowest BCUT2D eigenvalue weighted by Gasteiger charge is -2.27. The number of fused-ring (bicyclic) bond motifs is 1. The van der Waals surface area contributed by atoms with Gasteiger partial charge >= 0.3 is 0 Å². The molecule has 0 fully saturated rings. The van der Waals surface area contributed by atoms with Gasteiger partial charge < -0.3 is 9.88 Å². The second-order valence-corrected chi connectivity index (χ2v) is 4.90. The number of hydrogen-bond donors (Lipinski definition) is 1. The van der Waals surface area contributed by atoms with Crippen LogP contribution in [-0.4, -0.2) is 33.0 Å². The summed E-state index contributed by atoms with van der Waals surface area (Å²) in [4.78, 5) is 11.5. The highest BCUT2D eigenvalue weighted by atomic mass is 15.2. The number of nitrogens with one attached hydrogen (secondary N) is 1. The van der Waals surface area contributed by atoms with Crippen LogP contribution in [-0.2, 0) is 26.2 Å². The van der Waals surface area contributed by atoms with Crippen molar-refractivity contribution in [3.05, 3.63) is 47.8 Å². The predicted octanol–water partition coefficient (Wildman–Crippen LogP) is 1.01. The van der Waals surface area contributed by atoms with E-state index in [4.69, 9.17) is 0 Å². The van der Waals surface area contributed by atoms with Crippen molar-refractivity contribution in [2.45, 2.75) is 26.2 Å². The van der Waals surface area contributed by atoms with Crippen molar-refractivity contribution in [3.8, 4) is 0 Å². The Kier molecular flexibility index (Phi) is 3.57. The van der Waals surface area contributed by atoms with E-state index in [1.54, 1.807) is 0 Å². The summed E-state index contributed by atoms with van der Waals surface area (Å²) in [5.41, 5.74) is 2.23. The lowest BCUT2D eigenvalue weighted by Crippen LogP contribution is -2.33. The summed E-state index contributed by atoms with van der Waals surface area (Å²) in [5.74, 6) is 1.15. The van der Waals surface area contributed by atoms with Crippen LogP contribution >= 0.6 is 0 Å². The Bertz CT molecular complexity index is 548. The van der Waals surface area contributed by atoms with E-state index in [1.165, 1.54) is 0 Å². The molecule has 0 radical (unpaired) electrons. The Balaban J connectivity index is 1.67. The van der Waals surface area contributed by atoms with Crippen LogP contribution in [0.2, 0.25) is 0 Å². The SMILES string of the molecule is CNCc1cccc(CN2CCn3ccnc3C2)n1. The van der Waals surface area contributed by atoms with E-state index >= 15 is 0 Å². The fourth-order valence-corrected chi connectivity index (χ4v) is 2.48. The van der Waals surface area contributed by atoms with E-state index in [1.807, 2.05) is 13.2 Å². The molecule has 0 amide bonds. The van der Waals surface area contributed by atoms with Crippen molar-refractivity contribution >= 4 is 0 Å². The molecule has 0 bridgehead atoms. The summed E-state index contributed by atoms with van der Waals surface area (Å²) < 4.78 is 2.22. The monoisotopic (exact) mass is 257 g/mol. The predicted molar refractivity (Wildman–Crippen MR) is 73.3 cm³/mol. The lowest BCUT2D eigenvalue weighted by molar-refractivity contribution is 0.206. The van der Waals surface area contributed by atoms with Crippen molar-refractivity contribution in [2.75, 3.05) is 13.6 Å². The first-order valence-corrected chi connectivity index (χ1v) is 6.67. The summed E-state index contributed by atoms with van der Waals surface area (Å²) in [6.07, 6.45) is 3.93. The zero-order valence-electron chi connectivity index (χ0n) is 11.2. The van der Waals surface area contributed by atoms with Crippen molar-refractivity contribution < 1.29 is 0 Å². The molecule has 2 aromatic rings. The molecule has 3 rings (SSSR count). The number of pyridine rings is 1. The van der Waals surface area contributed by atoms with Gasteiger partial charge in [0.1, 0.15) is 5.82 Å². The van der Waals surface area contributed by atoms with E-state index in [9.17, 15) is 0 Å². The van der Waals surface area contributed by atoms with E-state index in [0.29, 0.717) is 0 Å². The topological polar surface area (TPSA) is 46.0 Å². The van der Waals surface area contributed by atoms with E-state index in [0.717, 1.165) is 49.9 Å². The van der Waals surface area contributed by atoms with Crippen LogP contribution in [0.25, 0.3) is 0 Å². The molecule has 1 aliphatic rings. The number of aromatic nitrogens is 3. The molecule has 19 heavy (non-hydrogen) atoms. The normalized spacial score (nSPS) is 15.4. The van der Waals surface area contributed by atoms with Crippen LogP contribution < -0.4 is 5.32 Å². The molecule has 5 heteroatoms. The zero-order valence-corrected chi connectivity index (χ0v) is 11.2. The largest absolute Gasteiger partial charge is 0.333 e. The third kappa shape index (κ3) is 2.83. The van der Waals surface area contributed by atoms with Gasteiger partial charge in [-0.15, -0.1) is 0 Å². The van der Waals surface area contributed by atoms with Crippen molar-refractivity contribution in [1.82, 2.24) is 24.8 Å². The maximum atomic E-state index is 4.67. The van der Waals surface area contributed by atoms with Gasteiger partial charge in [0.15, 0.2) is 0 Å². The van der Waals surface area contributed by atoms with Crippen molar-refractivity contribution in [3.63, 3.8) is 0 Å². The number of rotatable bonds is 4. The van der Waals surface area contributed by atoms with Gasteiger partial charge in [0.2, 0.25) is 0 Å². The van der Waals surface area contributed by atoms with Crippen LogP contribution in [0.4, 0.5) is 0 Å². The fraction of sp³-hybridized carbons (Fsp3) is 0.429. The van der Waals surface area contributed by atoms with Gasteiger partial charge in [-0.3, -0.25) is 9.88 Å². The standard InChI is InChI=1S/C14H19N5/c1-15-9-12-3-2-4-13(17-12)10-18-7-8-19-6-5-16-14(19)11-18/h2-6,15H,7-11H2,1H3. The molecule has 1 N–H and O–H groups in total. The van der Waals surface area contributed by atoms with Crippen LogP contribution in [0.1, 0.15) is 17.2 Å². The highest BCUT2D eigenvalue weighted by Crippen LogP contribution is 2.13. The van der Waals surface area contributed by atoms with Gasteiger partial charge in [0, 0.05) is 38.6 Å². The average Bonchev–Trinajstić information content (AvgIpc) is 2.87. The molecule has 3 heterocycles. The van der Waals surface area contributed by atoms with Gasteiger partial charge in [-0.05, 0) is 19.2 Å². The van der Waals surface area contributed by atoms with Gasteiger partial charge in [-0.2, -0.15) is 0 Å². The number of nitrogens with zero attached hydrogens (tertiary/aromatic N) is 4. The zero-order chi connectivity index (χ0) is 13.1. The molecule has 100 valence electrons. The fourth-order valence-electron chi connectivity index (χ4n) is 2.48. The number of imidazole rings is 1. The first-order chi connectivity index (χ1) is 9.35. The molecule has 0 unspecified atom stereocenters. The number of hydrogen-bond acceptors (Lipinski definition) is 4. The molecular formula is C14H19N5. The summed E-state index contributed by atoms with van der Waals surface area (Å²) in [6.45, 7) is 4.69. The summed E-state index contributed by atoms with van der Waals surface area (Å²) >= 11 is 0. The summed E-state index contributed by atoms with van der Waals surface area (Å²) in [7, 11) is 1.94. The maximum absolute atomic E-state index is 4.67. The highest BCUT2D eigenvalue weighted by molar-refractivity contribution is 5.11. The minimum atomic E-state index is 0.818. The minimum absolute atomic E-state index is 0.818. The Morgan fingerprint density at radius 1 is 1.26 bits per heavy atom. The quantitative estimate of drug-likeness (QED) is 0.888. The summed E-state index contributed by atoms with van der Waals surface area (Å²) in [5, 5.41) is 3.13. The van der Waals surface area contributed by atoms with E-state index < -0.39 is 0 Å². The summed E-state index contributed by atoms with van der Waals surface area (Å²) in [6, 6.07) is 6.24. The smallest absolute Gasteiger partial charge is 0.122 e. The first kappa shape index (κ1) is 12.3. The van der Waals surface area contributed by atoms with Gasteiger partial charge in [-0.25, -0.2) is 4.98 Å². The van der Waals surface area contributed by atoms with Gasteiger partial charge in [-0.1, -0.05) is 6.07 Å². The molecular weight excluding hydrogens is 238 g/mol. The van der Waals surface area contributed by atoms with Gasteiger partial charge in [0.25, 0.3) is 0 Å².